The number of carboxylic acids is 1. The molecule has 4 rings (SSSR count). The molecule has 0 aromatic heterocycles. The molecule has 35 heavy (non-hydrogen) atoms. The van der Waals surface area contributed by atoms with Gasteiger partial charge in [-0.05, 0) is 54.3 Å². The molecular formula is C27H25FN2O5. The van der Waals surface area contributed by atoms with Crippen LogP contribution >= 0.6 is 0 Å². The largest absolute Gasteiger partial charge is 0.480 e. The lowest BCUT2D eigenvalue weighted by atomic mass is 9.98. The third-order valence-electron chi connectivity index (χ3n) is 6.40. The monoisotopic (exact) mass is 476 g/mol. The van der Waals surface area contributed by atoms with Crippen LogP contribution < -0.4 is 5.32 Å². The lowest BCUT2D eigenvalue weighted by molar-refractivity contribution is -0.147. The van der Waals surface area contributed by atoms with Crippen LogP contribution in [0.3, 0.4) is 0 Å². The summed E-state index contributed by atoms with van der Waals surface area (Å²) in [7, 11) is 1.32. The number of hydrogen-bond donors (Lipinski definition) is 2. The Hall–Kier alpha value is -4.20. The minimum Gasteiger partial charge on any atom is -0.480 e. The summed E-state index contributed by atoms with van der Waals surface area (Å²) < 4.78 is 19.7. The van der Waals surface area contributed by atoms with Crippen LogP contribution in [0.5, 0.6) is 0 Å². The average molecular weight is 477 g/mol. The second-order valence-corrected chi connectivity index (χ2v) is 8.91. The van der Waals surface area contributed by atoms with Gasteiger partial charge in [0.25, 0.3) is 5.91 Å². The molecule has 0 fully saturated rings. The maximum absolute atomic E-state index is 14.2. The highest BCUT2D eigenvalue weighted by molar-refractivity contribution is 5.99. The maximum atomic E-state index is 14.2. The van der Waals surface area contributed by atoms with E-state index in [1.807, 2.05) is 48.5 Å². The van der Waals surface area contributed by atoms with Crippen molar-refractivity contribution >= 4 is 23.7 Å². The molecule has 3 aromatic carbocycles. The number of likely N-dealkylation sites (N-methyl/N-ethyl adjacent to an activating group) is 1. The van der Waals surface area contributed by atoms with E-state index in [1.54, 1.807) is 0 Å². The fraction of sp³-hybridized carbons (Fsp3) is 0.222. The number of amides is 2. The van der Waals surface area contributed by atoms with Gasteiger partial charge in [-0.2, -0.15) is 0 Å². The number of halogens is 1. The lowest BCUT2D eigenvalue weighted by Crippen LogP contribution is -2.50. The third kappa shape index (κ3) is 4.59. The summed E-state index contributed by atoms with van der Waals surface area (Å²) in [4.78, 5) is 37.8. The Morgan fingerprint density at radius 2 is 1.57 bits per heavy atom. The van der Waals surface area contributed by atoms with E-state index in [0.29, 0.717) is 0 Å². The molecule has 0 unspecified atom stereocenters. The molecule has 8 heteroatoms. The van der Waals surface area contributed by atoms with E-state index in [0.717, 1.165) is 39.3 Å². The number of rotatable bonds is 6. The summed E-state index contributed by atoms with van der Waals surface area (Å²) in [5, 5.41) is 11.8. The van der Waals surface area contributed by atoms with Crippen LogP contribution in [0.4, 0.5) is 14.9 Å². The highest BCUT2D eigenvalue weighted by Gasteiger charge is 2.36. The number of aliphatic carboxylic acids is 1. The van der Waals surface area contributed by atoms with Gasteiger partial charge in [0.2, 0.25) is 0 Å². The Labute approximate surface area is 202 Å². The van der Waals surface area contributed by atoms with Gasteiger partial charge in [0.15, 0.2) is 0 Å². The van der Waals surface area contributed by atoms with Gasteiger partial charge in [-0.15, -0.1) is 0 Å². The second-order valence-electron chi connectivity index (χ2n) is 8.91. The van der Waals surface area contributed by atoms with Crippen LogP contribution in [0.2, 0.25) is 0 Å². The number of nitrogens with zero attached hydrogens (tertiary/aromatic N) is 1. The first-order valence-electron chi connectivity index (χ1n) is 11.0. The van der Waals surface area contributed by atoms with E-state index in [-0.39, 0.29) is 23.8 Å². The van der Waals surface area contributed by atoms with E-state index >= 15 is 0 Å². The van der Waals surface area contributed by atoms with Crippen molar-refractivity contribution in [1.29, 1.82) is 0 Å². The number of nitrogens with one attached hydrogen (secondary N) is 1. The first-order chi connectivity index (χ1) is 16.6. The molecule has 3 aromatic rings. The van der Waals surface area contributed by atoms with Crippen LogP contribution in [-0.2, 0) is 9.53 Å². The SMILES string of the molecule is CN(C(=O)c1cc(F)cc(NC(=O)OCC2c3ccccc3-c3ccccc32)c1)C(C)(C)C(=O)O. The molecular weight excluding hydrogens is 451 g/mol. The Balaban J connectivity index is 1.47. The minimum absolute atomic E-state index is 0.0205. The number of fused-ring (bicyclic) bond motifs is 3. The van der Waals surface area contributed by atoms with Crippen LogP contribution in [-0.4, -0.2) is 47.2 Å². The van der Waals surface area contributed by atoms with Crippen LogP contribution in [0.25, 0.3) is 11.1 Å². The zero-order valence-electron chi connectivity index (χ0n) is 19.5. The summed E-state index contributed by atoms with van der Waals surface area (Å²) in [6.07, 6.45) is -0.796. The van der Waals surface area contributed by atoms with E-state index in [4.69, 9.17) is 4.74 Å². The van der Waals surface area contributed by atoms with E-state index in [9.17, 15) is 23.9 Å². The van der Waals surface area contributed by atoms with Crippen molar-refractivity contribution in [3.05, 3.63) is 89.2 Å². The Kier molecular flexibility index (Phi) is 6.30. The first kappa shape index (κ1) is 23.9. The van der Waals surface area contributed by atoms with Gasteiger partial charge in [0.05, 0.1) is 0 Å². The molecule has 0 aliphatic heterocycles. The van der Waals surface area contributed by atoms with Crippen molar-refractivity contribution in [3.63, 3.8) is 0 Å². The third-order valence-corrected chi connectivity index (χ3v) is 6.40. The molecule has 0 bridgehead atoms. The molecule has 1 aliphatic rings. The molecule has 0 spiro atoms. The molecule has 0 heterocycles. The summed E-state index contributed by atoms with van der Waals surface area (Å²) in [6.45, 7) is 2.81. The maximum Gasteiger partial charge on any atom is 0.411 e. The molecule has 0 saturated carbocycles. The molecule has 180 valence electrons. The predicted octanol–water partition coefficient (Wildman–Crippen LogP) is 5.12. The van der Waals surface area contributed by atoms with Crippen LogP contribution in [0, 0.1) is 5.82 Å². The molecule has 0 saturated heterocycles. The topological polar surface area (TPSA) is 95.9 Å². The lowest BCUT2D eigenvalue weighted by Gasteiger charge is -2.31. The van der Waals surface area contributed by atoms with Crippen LogP contribution in [0.15, 0.2) is 66.7 Å². The molecule has 7 nitrogen and oxygen atoms in total. The van der Waals surface area contributed by atoms with Gasteiger partial charge < -0.3 is 14.7 Å². The van der Waals surface area contributed by atoms with Gasteiger partial charge >= 0.3 is 12.1 Å². The first-order valence-corrected chi connectivity index (χ1v) is 11.0. The smallest absolute Gasteiger partial charge is 0.411 e. The van der Waals surface area contributed by atoms with Crippen molar-refractivity contribution in [2.45, 2.75) is 25.3 Å². The van der Waals surface area contributed by atoms with Crippen molar-refractivity contribution in [1.82, 2.24) is 4.90 Å². The minimum atomic E-state index is -1.51. The van der Waals surface area contributed by atoms with Gasteiger partial charge in [-0.25, -0.2) is 14.0 Å². The van der Waals surface area contributed by atoms with Gasteiger partial charge in [-0.1, -0.05) is 48.5 Å². The van der Waals surface area contributed by atoms with Crippen molar-refractivity contribution in [3.8, 4) is 11.1 Å². The van der Waals surface area contributed by atoms with Crippen molar-refractivity contribution in [2.24, 2.45) is 0 Å². The highest BCUT2D eigenvalue weighted by Crippen LogP contribution is 2.44. The van der Waals surface area contributed by atoms with Gasteiger partial charge in [0.1, 0.15) is 18.0 Å². The quantitative estimate of drug-likeness (QED) is 0.515. The predicted molar refractivity (Wildman–Crippen MR) is 129 cm³/mol. The fourth-order valence-corrected chi connectivity index (χ4v) is 4.13. The zero-order chi connectivity index (χ0) is 25.3. The van der Waals surface area contributed by atoms with Gasteiger partial charge in [0, 0.05) is 24.2 Å². The molecule has 1 aliphatic carbocycles. The molecule has 0 radical (unpaired) electrons. The fourth-order valence-electron chi connectivity index (χ4n) is 4.13. The Morgan fingerprint density at radius 3 is 2.14 bits per heavy atom. The summed E-state index contributed by atoms with van der Waals surface area (Å²) >= 11 is 0. The molecule has 2 N–H and O–H groups in total. The zero-order valence-corrected chi connectivity index (χ0v) is 19.5. The number of anilines is 1. The Morgan fingerprint density at radius 1 is 1.00 bits per heavy atom. The number of carbonyl (C=O) groups is 3. The number of carbonyl (C=O) groups excluding carboxylic acids is 2. The standard InChI is InChI=1S/C27H25FN2O5/c1-27(2,25(32)33)30(3)24(31)16-12-17(28)14-18(13-16)29-26(34)35-15-23-21-10-6-4-8-19(21)20-9-5-7-11-22(20)23/h4-14,23H,15H2,1-3H3,(H,29,34)(H,32,33). The second kappa shape index (κ2) is 9.21. The van der Waals surface area contributed by atoms with Crippen molar-refractivity contribution < 1.29 is 28.6 Å². The summed E-state index contributed by atoms with van der Waals surface area (Å²) in [5.74, 6) is -2.80. The number of hydrogen-bond acceptors (Lipinski definition) is 4. The Bertz CT molecular complexity index is 1270. The van der Waals surface area contributed by atoms with Gasteiger partial charge in [-0.3, -0.25) is 10.1 Å². The van der Waals surface area contributed by atoms with E-state index in [2.05, 4.69) is 5.32 Å². The number of benzene rings is 3. The summed E-state index contributed by atoms with van der Waals surface area (Å²) in [6, 6.07) is 19.2. The van der Waals surface area contributed by atoms with E-state index < -0.39 is 29.3 Å². The highest BCUT2D eigenvalue weighted by atomic mass is 19.1. The van der Waals surface area contributed by atoms with Crippen LogP contribution in [0.1, 0.15) is 41.3 Å². The molecule has 0 atom stereocenters. The van der Waals surface area contributed by atoms with Crippen molar-refractivity contribution in [2.75, 3.05) is 19.0 Å². The summed E-state index contributed by atoms with van der Waals surface area (Å²) in [5.41, 5.74) is 2.72. The molecule has 2 amide bonds. The number of ether oxygens (including phenoxy) is 1. The normalized spacial score (nSPS) is 12.5. The number of carboxylic acid groups (broad SMARTS) is 1. The van der Waals surface area contributed by atoms with E-state index in [1.165, 1.54) is 27.0 Å². The average Bonchev–Trinajstić information content (AvgIpc) is 3.15.